The van der Waals surface area contributed by atoms with Gasteiger partial charge < -0.3 is 4.57 Å². The highest BCUT2D eigenvalue weighted by Crippen LogP contribution is 2.40. The van der Waals surface area contributed by atoms with Crippen molar-refractivity contribution in [1.29, 1.82) is 0 Å². The Labute approximate surface area is 130 Å². The molecule has 0 N–H and O–H groups in total. The van der Waals surface area contributed by atoms with Crippen molar-refractivity contribution in [2.24, 2.45) is 0 Å². The molecule has 1 aromatic carbocycles. The van der Waals surface area contributed by atoms with Crippen LogP contribution >= 0.6 is 7.14 Å². The molecule has 0 aliphatic carbocycles. The molecular formula is C18H17N2OP. The van der Waals surface area contributed by atoms with Crippen LogP contribution in [0.25, 0.3) is 0 Å². The standard InChI is InChI=1S/C18H17N2OP/c1-14-8-10-19-17(12-14)22(21,16-6-4-3-5-7-16)18-13-15(2)9-11-20-18/h3-13H,1-2H3. The predicted octanol–water partition coefficient (Wildman–Crippen LogP) is 2.73. The molecule has 0 saturated carbocycles. The van der Waals surface area contributed by atoms with Crippen molar-refractivity contribution < 1.29 is 4.57 Å². The van der Waals surface area contributed by atoms with E-state index in [2.05, 4.69) is 9.97 Å². The minimum Gasteiger partial charge on any atom is -0.305 e. The average molecular weight is 308 g/mol. The number of pyridine rings is 2. The van der Waals surface area contributed by atoms with Crippen molar-refractivity contribution in [2.75, 3.05) is 0 Å². The van der Waals surface area contributed by atoms with Gasteiger partial charge in [0.25, 0.3) is 0 Å². The number of hydrogen-bond donors (Lipinski definition) is 0. The van der Waals surface area contributed by atoms with Crippen molar-refractivity contribution in [3.63, 3.8) is 0 Å². The fraction of sp³-hybridized carbons (Fsp3) is 0.111. The topological polar surface area (TPSA) is 42.9 Å². The van der Waals surface area contributed by atoms with Crippen molar-refractivity contribution >= 4 is 23.3 Å². The number of aryl methyl sites for hydroxylation is 2. The summed E-state index contributed by atoms with van der Waals surface area (Å²) in [7, 11) is -3.05. The van der Waals surface area contributed by atoms with Crippen molar-refractivity contribution in [3.8, 4) is 0 Å². The lowest BCUT2D eigenvalue weighted by Crippen LogP contribution is -2.29. The molecule has 0 amide bonds. The number of hydrogen-bond acceptors (Lipinski definition) is 3. The summed E-state index contributed by atoms with van der Waals surface area (Å²) in [5.74, 6) is 0. The molecule has 3 rings (SSSR count). The number of aromatic nitrogens is 2. The van der Waals surface area contributed by atoms with Crippen LogP contribution in [0.4, 0.5) is 0 Å². The second kappa shape index (κ2) is 5.86. The van der Waals surface area contributed by atoms with E-state index in [1.54, 1.807) is 12.4 Å². The van der Waals surface area contributed by atoms with Gasteiger partial charge in [0.1, 0.15) is 10.9 Å². The molecule has 0 bridgehead atoms. The van der Waals surface area contributed by atoms with Gasteiger partial charge in [-0.05, 0) is 49.2 Å². The van der Waals surface area contributed by atoms with Crippen LogP contribution in [-0.2, 0) is 4.57 Å². The van der Waals surface area contributed by atoms with Gasteiger partial charge in [0.15, 0.2) is 0 Å². The summed E-state index contributed by atoms with van der Waals surface area (Å²) in [5.41, 5.74) is 3.23. The molecule has 4 heteroatoms. The summed E-state index contributed by atoms with van der Waals surface area (Å²) in [4.78, 5) is 8.78. The molecule has 0 atom stereocenters. The summed E-state index contributed by atoms with van der Waals surface area (Å²) in [5, 5.41) is 0.756. The van der Waals surface area contributed by atoms with E-state index in [1.807, 2.05) is 68.4 Å². The number of rotatable bonds is 3. The predicted molar refractivity (Wildman–Crippen MR) is 90.9 cm³/mol. The maximum atomic E-state index is 14.0. The first-order valence-electron chi connectivity index (χ1n) is 7.13. The number of benzene rings is 1. The molecule has 0 aliphatic heterocycles. The zero-order valence-corrected chi connectivity index (χ0v) is 13.5. The fourth-order valence-electron chi connectivity index (χ4n) is 2.40. The monoisotopic (exact) mass is 308 g/mol. The molecule has 2 heterocycles. The van der Waals surface area contributed by atoms with Crippen LogP contribution < -0.4 is 16.2 Å². The smallest absolute Gasteiger partial charge is 0.205 e. The largest absolute Gasteiger partial charge is 0.305 e. The van der Waals surface area contributed by atoms with Gasteiger partial charge in [0, 0.05) is 17.7 Å². The Morgan fingerprint density at radius 2 is 1.27 bits per heavy atom. The van der Waals surface area contributed by atoms with E-state index < -0.39 is 7.14 Å². The highest BCUT2D eigenvalue weighted by atomic mass is 31.2. The lowest BCUT2D eigenvalue weighted by atomic mass is 10.3. The van der Waals surface area contributed by atoms with Crippen LogP contribution in [0, 0.1) is 13.8 Å². The SMILES string of the molecule is Cc1ccnc(P(=O)(c2ccccc2)c2cc(C)ccn2)c1. The van der Waals surface area contributed by atoms with Gasteiger partial charge in [-0.2, -0.15) is 0 Å². The molecule has 0 fully saturated rings. The Hall–Kier alpha value is -2.25. The maximum Gasteiger partial charge on any atom is 0.205 e. The second-order valence-corrected chi connectivity index (χ2v) is 7.98. The van der Waals surface area contributed by atoms with Gasteiger partial charge in [-0.15, -0.1) is 0 Å². The molecule has 0 aliphatic rings. The summed E-state index contributed by atoms with van der Waals surface area (Å²) >= 11 is 0. The van der Waals surface area contributed by atoms with Crippen LogP contribution in [0.5, 0.6) is 0 Å². The Kier molecular flexibility index (Phi) is 3.91. The van der Waals surface area contributed by atoms with Crippen LogP contribution in [0.2, 0.25) is 0 Å². The van der Waals surface area contributed by atoms with E-state index in [0.717, 1.165) is 16.4 Å². The minimum absolute atomic E-state index is 0.580. The van der Waals surface area contributed by atoms with E-state index in [-0.39, 0.29) is 0 Å². The van der Waals surface area contributed by atoms with E-state index in [9.17, 15) is 4.57 Å². The molecule has 0 radical (unpaired) electrons. The molecule has 0 unspecified atom stereocenters. The van der Waals surface area contributed by atoms with Crippen molar-refractivity contribution in [2.45, 2.75) is 13.8 Å². The lowest BCUT2D eigenvalue weighted by Gasteiger charge is -2.18. The van der Waals surface area contributed by atoms with Gasteiger partial charge in [-0.3, -0.25) is 9.97 Å². The normalized spacial score (nSPS) is 11.4. The first kappa shape index (κ1) is 14.7. The van der Waals surface area contributed by atoms with Crippen LogP contribution in [-0.4, -0.2) is 9.97 Å². The van der Waals surface area contributed by atoms with E-state index >= 15 is 0 Å². The van der Waals surface area contributed by atoms with Gasteiger partial charge in [0.05, 0.1) is 0 Å². The van der Waals surface area contributed by atoms with Gasteiger partial charge >= 0.3 is 0 Å². The van der Waals surface area contributed by atoms with E-state index in [0.29, 0.717) is 10.9 Å². The maximum absolute atomic E-state index is 14.0. The van der Waals surface area contributed by atoms with Crippen molar-refractivity contribution in [3.05, 3.63) is 78.1 Å². The van der Waals surface area contributed by atoms with Gasteiger partial charge in [0.2, 0.25) is 7.14 Å². The Morgan fingerprint density at radius 3 is 1.73 bits per heavy atom. The van der Waals surface area contributed by atoms with Gasteiger partial charge in [-0.25, -0.2) is 0 Å². The third kappa shape index (κ3) is 2.60. The molecular weight excluding hydrogens is 291 g/mol. The van der Waals surface area contributed by atoms with E-state index in [4.69, 9.17) is 0 Å². The molecule has 0 spiro atoms. The third-order valence-electron chi connectivity index (χ3n) is 3.57. The molecule has 110 valence electrons. The van der Waals surface area contributed by atoms with E-state index in [1.165, 1.54) is 0 Å². The third-order valence-corrected chi connectivity index (χ3v) is 6.37. The average Bonchev–Trinajstić information content (AvgIpc) is 2.55. The zero-order valence-electron chi connectivity index (χ0n) is 12.6. The lowest BCUT2D eigenvalue weighted by molar-refractivity contribution is 0.591. The van der Waals surface area contributed by atoms with Gasteiger partial charge in [-0.1, -0.05) is 30.3 Å². The second-order valence-electron chi connectivity index (χ2n) is 5.33. The highest BCUT2D eigenvalue weighted by Gasteiger charge is 2.32. The fourth-order valence-corrected chi connectivity index (χ4v) is 4.99. The van der Waals surface area contributed by atoms with Crippen molar-refractivity contribution in [1.82, 2.24) is 9.97 Å². The molecule has 22 heavy (non-hydrogen) atoms. The summed E-state index contributed by atoms with van der Waals surface area (Å²) in [6, 6.07) is 17.1. The van der Waals surface area contributed by atoms with Crippen LogP contribution in [0.15, 0.2) is 67.0 Å². The molecule has 0 saturated heterocycles. The minimum atomic E-state index is -3.05. The Bertz CT molecular complexity index is 797. The molecule has 3 nitrogen and oxygen atoms in total. The molecule has 3 aromatic rings. The highest BCUT2D eigenvalue weighted by molar-refractivity contribution is 7.84. The molecule has 2 aromatic heterocycles. The first-order valence-corrected chi connectivity index (χ1v) is 8.83. The Morgan fingerprint density at radius 1 is 0.773 bits per heavy atom. The number of nitrogens with zero attached hydrogens (tertiary/aromatic N) is 2. The first-order chi connectivity index (χ1) is 10.6. The quantitative estimate of drug-likeness (QED) is 0.699. The van der Waals surface area contributed by atoms with Crippen LogP contribution in [0.3, 0.4) is 0 Å². The summed E-state index contributed by atoms with van der Waals surface area (Å²) in [6.45, 7) is 3.95. The Balaban J connectivity index is 2.30. The zero-order chi connectivity index (χ0) is 15.6. The van der Waals surface area contributed by atoms with Crippen LogP contribution in [0.1, 0.15) is 11.1 Å². The summed E-state index contributed by atoms with van der Waals surface area (Å²) in [6.07, 6.45) is 3.41. The summed E-state index contributed by atoms with van der Waals surface area (Å²) < 4.78 is 14.0.